The average Bonchev–Trinajstić information content (AvgIpc) is 2.29. The molecule has 1 fully saturated rings. The van der Waals surface area contributed by atoms with Gasteiger partial charge in [0.25, 0.3) is 0 Å². The van der Waals surface area contributed by atoms with Gasteiger partial charge in [0, 0.05) is 6.54 Å². The number of hydrogen-bond acceptors (Lipinski definition) is 3. The molecule has 1 aromatic rings. The minimum atomic E-state index is 0.140. The van der Waals surface area contributed by atoms with Crippen LogP contribution in [-0.4, -0.2) is 33.9 Å². The molecule has 0 amide bonds. The molecule has 0 bridgehead atoms. The number of nitrogens with one attached hydrogen (secondary N) is 1. The summed E-state index contributed by atoms with van der Waals surface area (Å²) >= 11 is 0. The molecule has 3 nitrogen and oxygen atoms in total. The highest BCUT2D eigenvalue weighted by Gasteiger charge is 2.41. The fourth-order valence-corrected chi connectivity index (χ4v) is 2.96. The standard InChI is InChI=1S/C15H23NO2/c1-10-6-13(11(2)12(3)14(10)17-5)15(7-16-4)8-18-9-15/h6,16H,7-9H2,1-5H3. The van der Waals surface area contributed by atoms with E-state index in [1.54, 1.807) is 7.11 Å². The molecule has 1 N–H and O–H groups in total. The molecule has 2 rings (SSSR count). The fourth-order valence-electron chi connectivity index (χ4n) is 2.96. The highest BCUT2D eigenvalue weighted by molar-refractivity contribution is 5.52. The second-order valence-corrected chi connectivity index (χ2v) is 5.33. The first kappa shape index (κ1) is 13.4. The summed E-state index contributed by atoms with van der Waals surface area (Å²) in [4.78, 5) is 0. The van der Waals surface area contributed by atoms with E-state index in [2.05, 4.69) is 32.2 Å². The van der Waals surface area contributed by atoms with Gasteiger partial charge in [-0.2, -0.15) is 0 Å². The molecule has 0 aliphatic carbocycles. The van der Waals surface area contributed by atoms with Crippen molar-refractivity contribution in [3.05, 3.63) is 28.3 Å². The Morgan fingerprint density at radius 2 is 1.94 bits per heavy atom. The molecule has 1 aliphatic rings. The Morgan fingerprint density at radius 1 is 1.28 bits per heavy atom. The van der Waals surface area contributed by atoms with Crippen molar-refractivity contribution >= 4 is 0 Å². The lowest BCUT2D eigenvalue weighted by molar-refractivity contribution is -0.0586. The number of aryl methyl sites for hydroxylation is 1. The summed E-state index contributed by atoms with van der Waals surface area (Å²) in [6.07, 6.45) is 0. The molecule has 18 heavy (non-hydrogen) atoms. The van der Waals surface area contributed by atoms with E-state index in [0.29, 0.717) is 0 Å². The van der Waals surface area contributed by atoms with Crippen molar-refractivity contribution in [1.29, 1.82) is 0 Å². The van der Waals surface area contributed by atoms with E-state index in [1.807, 2.05) is 7.05 Å². The zero-order valence-corrected chi connectivity index (χ0v) is 12.0. The molecule has 0 unspecified atom stereocenters. The zero-order valence-electron chi connectivity index (χ0n) is 12.0. The second-order valence-electron chi connectivity index (χ2n) is 5.33. The molecule has 0 spiro atoms. The van der Waals surface area contributed by atoms with Gasteiger partial charge in [-0.1, -0.05) is 6.07 Å². The van der Waals surface area contributed by atoms with Crippen LogP contribution in [0.1, 0.15) is 22.3 Å². The van der Waals surface area contributed by atoms with E-state index >= 15 is 0 Å². The van der Waals surface area contributed by atoms with Crippen LogP contribution < -0.4 is 10.1 Å². The van der Waals surface area contributed by atoms with Gasteiger partial charge in [-0.3, -0.25) is 0 Å². The van der Waals surface area contributed by atoms with Crippen molar-refractivity contribution in [1.82, 2.24) is 5.32 Å². The fraction of sp³-hybridized carbons (Fsp3) is 0.600. The summed E-state index contributed by atoms with van der Waals surface area (Å²) in [6, 6.07) is 2.26. The lowest BCUT2D eigenvalue weighted by Gasteiger charge is -2.43. The van der Waals surface area contributed by atoms with Gasteiger partial charge in [-0.15, -0.1) is 0 Å². The minimum absolute atomic E-state index is 0.140. The number of hydrogen-bond donors (Lipinski definition) is 1. The Labute approximate surface area is 109 Å². The Kier molecular flexibility index (Phi) is 3.64. The summed E-state index contributed by atoms with van der Waals surface area (Å²) < 4.78 is 11.0. The van der Waals surface area contributed by atoms with Gasteiger partial charge in [-0.05, 0) is 50.1 Å². The van der Waals surface area contributed by atoms with Crippen molar-refractivity contribution in [2.24, 2.45) is 0 Å². The van der Waals surface area contributed by atoms with Crippen molar-refractivity contribution in [3.63, 3.8) is 0 Å². The van der Waals surface area contributed by atoms with Gasteiger partial charge < -0.3 is 14.8 Å². The molecule has 1 aromatic carbocycles. The van der Waals surface area contributed by atoms with Gasteiger partial charge in [0.05, 0.1) is 25.7 Å². The quantitative estimate of drug-likeness (QED) is 0.886. The monoisotopic (exact) mass is 249 g/mol. The molecular weight excluding hydrogens is 226 g/mol. The average molecular weight is 249 g/mol. The van der Waals surface area contributed by atoms with Gasteiger partial charge >= 0.3 is 0 Å². The van der Waals surface area contributed by atoms with Crippen molar-refractivity contribution in [2.75, 3.05) is 33.9 Å². The molecule has 3 heteroatoms. The van der Waals surface area contributed by atoms with E-state index in [9.17, 15) is 0 Å². The molecular formula is C15H23NO2. The first-order valence-electron chi connectivity index (χ1n) is 6.43. The van der Waals surface area contributed by atoms with E-state index in [0.717, 1.165) is 25.5 Å². The maximum Gasteiger partial charge on any atom is 0.124 e. The summed E-state index contributed by atoms with van der Waals surface area (Å²) in [5.74, 6) is 1.01. The van der Waals surface area contributed by atoms with Crippen molar-refractivity contribution < 1.29 is 9.47 Å². The maximum atomic E-state index is 5.49. The molecule has 0 saturated carbocycles. The van der Waals surface area contributed by atoms with Crippen molar-refractivity contribution in [2.45, 2.75) is 26.2 Å². The molecule has 0 atom stereocenters. The molecule has 0 radical (unpaired) electrons. The Bertz CT molecular complexity index is 450. The van der Waals surface area contributed by atoms with Crippen LogP contribution in [0.4, 0.5) is 0 Å². The van der Waals surface area contributed by atoms with Crippen LogP contribution >= 0.6 is 0 Å². The van der Waals surface area contributed by atoms with E-state index in [1.165, 1.54) is 22.3 Å². The maximum absolute atomic E-state index is 5.49. The number of rotatable bonds is 4. The van der Waals surface area contributed by atoms with E-state index in [4.69, 9.17) is 9.47 Å². The number of likely N-dealkylation sites (N-methyl/N-ethyl adjacent to an activating group) is 1. The molecule has 100 valence electrons. The van der Waals surface area contributed by atoms with Crippen LogP contribution in [0.25, 0.3) is 0 Å². The Hall–Kier alpha value is -1.06. The first-order chi connectivity index (χ1) is 8.55. The van der Waals surface area contributed by atoms with Crippen LogP contribution in [-0.2, 0) is 10.2 Å². The van der Waals surface area contributed by atoms with E-state index in [-0.39, 0.29) is 5.41 Å². The second kappa shape index (κ2) is 4.90. The third-order valence-corrected chi connectivity index (χ3v) is 4.07. The zero-order chi connectivity index (χ0) is 13.3. The van der Waals surface area contributed by atoms with Crippen LogP contribution in [0.2, 0.25) is 0 Å². The van der Waals surface area contributed by atoms with Gasteiger partial charge in [0.2, 0.25) is 0 Å². The largest absolute Gasteiger partial charge is 0.496 e. The summed E-state index contributed by atoms with van der Waals surface area (Å²) in [6.45, 7) is 9.00. The number of benzene rings is 1. The van der Waals surface area contributed by atoms with Gasteiger partial charge in [0.15, 0.2) is 0 Å². The minimum Gasteiger partial charge on any atom is -0.496 e. The summed E-state index contributed by atoms with van der Waals surface area (Å²) in [5, 5.41) is 3.29. The third kappa shape index (κ3) is 1.91. The van der Waals surface area contributed by atoms with Crippen LogP contribution in [0.5, 0.6) is 5.75 Å². The number of methoxy groups -OCH3 is 1. The predicted molar refractivity (Wildman–Crippen MR) is 73.6 cm³/mol. The third-order valence-electron chi connectivity index (χ3n) is 4.07. The van der Waals surface area contributed by atoms with Crippen LogP contribution in [0.3, 0.4) is 0 Å². The predicted octanol–water partition coefficient (Wildman–Crippen LogP) is 2.11. The lowest BCUT2D eigenvalue weighted by atomic mass is 9.75. The molecule has 1 heterocycles. The summed E-state index contributed by atoms with van der Waals surface area (Å²) in [7, 11) is 3.74. The van der Waals surface area contributed by atoms with Gasteiger partial charge in [-0.25, -0.2) is 0 Å². The summed E-state index contributed by atoms with van der Waals surface area (Å²) in [5.41, 5.74) is 5.32. The van der Waals surface area contributed by atoms with E-state index < -0.39 is 0 Å². The van der Waals surface area contributed by atoms with Crippen LogP contribution in [0.15, 0.2) is 6.07 Å². The van der Waals surface area contributed by atoms with Crippen molar-refractivity contribution in [3.8, 4) is 5.75 Å². The number of ether oxygens (including phenoxy) is 2. The highest BCUT2D eigenvalue weighted by Crippen LogP contribution is 2.39. The Balaban J connectivity index is 2.51. The SMILES string of the molecule is CNCC1(c2cc(C)c(OC)c(C)c2C)COC1. The lowest BCUT2D eigenvalue weighted by Crippen LogP contribution is -2.53. The molecule has 0 aromatic heterocycles. The highest BCUT2D eigenvalue weighted by atomic mass is 16.5. The normalized spacial score (nSPS) is 17.4. The topological polar surface area (TPSA) is 30.5 Å². The Morgan fingerprint density at radius 3 is 2.39 bits per heavy atom. The smallest absolute Gasteiger partial charge is 0.124 e. The van der Waals surface area contributed by atoms with Crippen LogP contribution in [0, 0.1) is 20.8 Å². The molecule has 1 aliphatic heterocycles. The molecule has 1 saturated heterocycles. The van der Waals surface area contributed by atoms with Gasteiger partial charge in [0.1, 0.15) is 5.75 Å². The first-order valence-corrected chi connectivity index (χ1v) is 6.43.